The van der Waals surface area contributed by atoms with Crippen LogP contribution in [-0.2, 0) is 37.6 Å². The molecular formula is C11H29O6PTi. The summed E-state index contributed by atoms with van der Waals surface area (Å²) in [6.45, 7) is 11.4. The molecule has 1 N–H and O–H groups in total. The van der Waals surface area contributed by atoms with E-state index in [0.29, 0.717) is 0 Å². The van der Waals surface area contributed by atoms with Gasteiger partial charge >= 0.3 is 75.8 Å². The van der Waals surface area contributed by atoms with Crippen molar-refractivity contribution in [1.82, 2.24) is 0 Å². The van der Waals surface area contributed by atoms with E-state index in [0.717, 1.165) is 17.9 Å². The van der Waals surface area contributed by atoms with E-state index in [-0.39, 0.29) is 13.2 Å². The van der Waals surface area contributed by atoms with E-state index in [2.05, 4.69) is 21.2 Å². The van der Waals surface area contributed by atoms with Gasteiger partial charge in [-0.3, -0.25) is 9.05 Å². The Balaban J connectivity index is 0. The summed E-state index contributed by atoms with van der Waals surface area (Å²) < 4.78 is 31.5. The zero-order valence-corrected chi connectivity index (χ0v) is 15.4. The molecule has 0 saturated heterocycles. The maximum atomic E-state index is 10.5. The van der Waals surface area contributed by atoms with Crippen molar-refractivity contribution < 1.29 is 42.5 Å². The first-order chi connectivity index (χ1) is 8.80. The van der Waals surface area contributed by atoms with Gasteiger partial charge in [0.1, 0.15) is 0 Å². The van der Waals surface area contributed by atoms with E-state index in [9.17, 15) is 4.57 Å². The van der Waals surface area contributed by atoms with E-state index >= 15 is 0 Å². The number of hydrogen-bond acceptors (Lipinski definition) is 5. The van der Waals surface area contributed by atoms with E-state index in [1.807, 2.05) is 13.8 Å². The van der Waals surface area contributed by atoms with Crippen LogP contribution in [-0.4, -0.2) is 31.3 Å². The van der Waals surface area contributed by atoms with Gasteiger partial charge in [-0.1, -0.05) is 0 Å². The second kappa shape index (κ2) is 12.5. The van der Waals surface area contributed by atoms with Crippen LogP contribution < -0.4 is 0 Å². The SMILES string of the molecule is CCOP(=O)(O)OCC.CC[O][Ti]([CH3])([CH2]C)[O]CC. The monoisotopic (exact) mass is 336 g/mol. The quantitative estimate of drug-likeness (QED) is 0.511. The summed E-state index contributed by atoms with van der Waals surface area (Å²) in [7, 11) is -3.69. The molecule has 0 radical (unpaired) electrons. The van der Waals surface area contributed by atoms with Crippen molar-refractivity contribution >= 4 is 7.82 Å². The summed E-state index contributed by atoms with van der Waals surface area (Å²) in [5, 5.41) is 2.16. The molecule has 0 heterocycles. The average Bonchev–Trinajstić information content (AvgIpc) is 2.30. The maximum absolute atomic E-state index is 10.5. The molecule has 0 bridgehead atoms. The fourth-order valence-electron chi connectivity index (χ4n) is 1.22. The zero-order chi connectivity index (χ0) is 15.4. The van der Waals surface area contributed by atoms with Crippen LogP contribution >= 0.6 is 7.82 Å². The Morgan fingerprint density at radius 2 is 1.26 bits per heavy atom. The standard InChI is InChI=1S/C4H11O4P.2C2H5O.C2H5.CH3.Ti/c1-3-7-9(5,6)8-4-2;2*1-2-3;1-2;;/h3-4H2,1-2H3,(H,5,6);2*2H2,1H3;1H2,2H3;1H3;/q;2*-1;;;+2. The number of rotatable bonds is 9. The molecule has 0 amide bonds. The Morgan fingerprint density at radius 1 is 0.895 bits per heavy atom. The molecule has 0 atom stereocenters. The molecule has 0 unspecified atom stereocenters. The molecule has 0 aliphatic heterocycles. The number of phosphoric ester groups is 1. The number of phosphoric acid groups is 1. The van der Waals surface area contributed by atoms with Gasteiger partial charge in [-0.15, -0.1) is 0 Å². The minimum absolute atomic E-state index is 0.188. The normalized spacial score (nSPS) is 11.9. The summed E-state index contributed by atoms with van der Waals surface area (Å²) in [5.74, 6) is 0. The van der Waals surface area contributed by atoms with Crippen LogP contribution in [0.1, 0.15) is 34.6 Å². The minimum atomic E-state index is -3.69. The molecule has 0 aromatic rings. The molecule has 0 aromatic heterocycles. The Kier molecular flexibility index (Phi) is 14.5. The molecule has 0 fully saturated rings. The summed E-state index contributed by atoms with van der Waals surface area (Å²) in [4.78, 5) is 8.63. The van der Waals surface area contributed by atoms with Gasteiger partial charge in [0, 0.05) is 0 Å². The molecule has 0 aliphatic rings. The predicted molar refractivity (Wildman–Crippen MR) is 72.7 cm³/mol. The van der Waals surface area contributed by atoms with Crippen molar-refractivity contribution in [2.24, 2.45) is 0 Å². The molecule has 0 aromatic carbocycles. The molecule has 8 heteroatoms. The predicted octanol–water partition coefficient (Wildman–Crippen LogP) is 3.69. The van der Waals surface area contributed by atoms with E-state index in [1.165, 1.54) is 0 Å². The molecule has 0 aliphatic carbocycles. The van der Waals surface area contributed by atoms with Crippen LogP contribution in [0.15, 0.2) is 0 Å². The molecule has 19 heavy (non-hydrogen) atoms. The van der Waals surface area contributed by atoms with Gasteiger partial charge in [-0.25, -0.2) is 4.57 Å². The van der Waals surface area contributed by atoms with Crippen molar-refractivity contribution in [1.29, 1.82) is 0 Å². The van der Waals surface area contributed by atoms with Gasteiger partial charge in [0.25, 0.3) is 0 Å². The Morgan fingerprint density at radius 3 is 1.47 bits per heavy atom. The second-order valence-electron chi connectivity index (χ2n) is 3.66. The van der Waals surface area contributed by atoms with E-state index in [4.69, 9.17) is 11.5 Å². The summed E-state index contributed by atoms with van der Waals surface area (Å²) >= 11 is -2.20. The Labute approximate surface area is 121 Å². The van der Waals surface area contributed by atoms with Gasteiger partial charge in [0.15, 0.2) is 0 Å². The van der Waals surface area contributed by atoms with E-state index < -0.39 is 25.2 Å². The fourth-order valence-corrected chi connectivity index (χ4v) is 4.62. The summed E-state index contributed by atoms with van der Waals surface area (Å²) in [6, 6.07) is 0. The van der Waals surface area contributed by atoms with Crippen molar-refractivity contribution in [3.8, 4) is 0 Å². The average molecular weight is 336 g/mol. The Hall–Kier alpha value is 0.744. The summed E-state index contributed by atoms with van der Waals surface area (Å²) in [6.07, 6.45) is 0. The van der Waals surface area contributed by atoms with Crippen LogP contribution in [0.5, 0.6) is 0 Å². The van der Waals surface area contributed by atoms with Crippen LogP contribution in [0.3, 0.4) is 0 Å². The van der Waals surface area contributed by atoms with Gasteiger partial charge in [-0.2, -0.15) is 0 Å². The third-order valence-corrected chi connectivity index (χ3v) is 8.11. The first-order valence-electron chi connectivity index (χ1n) is 6.70. The van der Waals surface area contributed by atoms with Crippen molar-refractivity contribution in [2.45, 2.75) is 44.6 Å². The molecule has 0 rings (SSSR count). The molecular weight excluding hydrogens is 307 g/mol. The fraction of sp³-hybridized carbons (Fsp3) is 1.00. The molecule has 6 nitrogen and oxygen atoms in total. The Bertz CT molecular complexity index is 235. The third kappa shape index (κ3) is 13.5. The molecule has 0 saturated carbocycles. The van der Waals surface area contributed by atoms with Gasteiger partial charge in [-0.05, 0) is 13.8 Å². The van der Waals surface area contributed by atoms with Gasteiger partial charge in [0.05, 0.1) is 13.2 Å². The van der Waals surface area contributed by atoms with Gasteiger partial charge < -0.3 is 4.89 Å². The third-order valence-electron chi connectivity index (χ3n) is 2.13. The molecule has 118 valence electrons. The summed E-state index contributed by atoms with van der Waals surface area (Å²) in [5.41, 5.74) is 0. The van der Waals surface area contributed by atoms with Crippen molar-refractivity contribution in [2.75, 3.05) is 26.4 Å². The zero-order valence-electron chi connectivity index (χ0n) is 13.0. The van der Waals surface area contributed by atoms with E-state index in [1.54, 1.807) is 13.8 Å². The first kappa shape index (κ1) is 22.0. The number of hydrogen-bond donors (Lipinski definition) is 1. The van der Waals surface area contributed by atoms with Crippen LogP contribution in [0, 0.1) is 0 Å². The molecule has 0 spiro atoms. The first-order valence-corrected chi connectivity index (χ1v) is 12.1. The van der Waals surface area contributed by atoms with Crippen LogP contribution in [0.4, 0.5) is 0 Å². The van der Waals surface area contributed by atoms with Crippen molar-refractivity contribution in [3.63, 3.8) is 0 Å². The topological polar surface area (TPSA) is 74.2 Å². The van der Waals surface area contributed by atoms with Crippen LogP contribution in [0.2, 0.25) is 9.95 Å². The van der Waals surface area contributed by atoms with Crippen LogP contribution in [0.25, 0.3) is 0 Å². The van der Waals surface area contributed by atoms with Crippen molar-refractivity contribution in [3.05, 3.63) is 0 Å². The van der Waals surface area contributed by atoms with Gasteiger partial charge in [0.2, 0.25) is 0 Å². The second-order valence-corrected chi connectivity index (χ2v) is 10.7.